The van der Waals surface area contributed by atoms with Gasteiger partial charge in [-0.25, -0.2) is 0 Å². The highest BCUT2D eigenvalue weighted by Crippen LogP contribution is 2.29. The first-order valence-electron chi connectivity index (χ1n) is 5.88. The van der Waals surface area contributed by atoms with Crippen LogP contribution in [0.3, 0.4) is 0 Å². The zero-order chi connectivity index (χ0) is 13.7. The molecule has 0 aliphatic carbocycles. The van der Waals surface area contributed by atoms with E-state index in [0.717, 1.165) is 21.3 Å². The van der Waals surface area contributed by atoms with E-state index < -0.39 is 0 Å². The van der Waals surface area contributed by atoms with Crippen LogP contribution >= 0.6 is 15.9 Å². The Morgan fingerprint density at radius 3 is 2.74 bits per heavy atom. The lowest BCUT2D eigenvalue weighted by Crippen LogP contribution is -1.93. The van der Waals surface area contributed by atoms with Crippen molar-refractivity contribution in [1.82, 2.24) is 0 Å². The Morgan fingerprint density at radius 1 is 1.16 bits per heavy atom. The number of rotatable bonds is 5. The Labute approximate surface area is 120 Å². The Balaban J connectivity index is 2.25. The Bertz CT molecular complexity index is 555. The average molecular weight is 323 g/mol. The summed E-state index contributed by atoms with van der Waals surface area (Å²) in [4.78, 5) is 0. The summed E-state index contributed by atoms with van der Waals surface area (Å²) in [5.74, 6) is 1.37. The highest BCUT2D eigenvalue weighted by atomic mass is 79.9. The average Bonchev–Trinajstić information content (AvgIpc) is 2.40. The molecule has 0 unspecified atom stereocenters. The highest BCUT2D eigenvalue weighted by Gasteiger charge is 2.06. The first-order chi connectivity index (χ1) is 9.22. The van der Waals surface area contributed by atoms with Gasteiger partial charge in [0, 0.05) is 17.1 Å². The van der Waals surface area contributed by atoms with Gasteiger partial charge in [-0.05, 0) is 29.8 Å². The summed E-state index contributed by atoms with van der Waals surface area (Å²) in [6.45, 7) is 0.489. The molecule has 0 saturated heterocycles. The van der Waals surface area contributed by atoms with Gasteiger partial charge in [-0.2, -0.15) is 0 Å². The molecule has 0 fully saturated rings. The van der Waals surface area contributed by atoms with Crippen molar-refractivity contribution in [2.45, 2.75) is 13.2 Å². The van der Waals surface area contributed by atoms with Crippen molar-refractivity contribution in [1.29, 1.82) is 0 Å². The Morgan fingerprint density at radius 2 is 2.00 bits per heavy atom. The van der Waals surface area contributed by atoms with Crippen LogP contribution < -0.4 is 4.74 Å². The predicted octanol–water partition coefficient (Wildman–Crippen LogP) is 3.88. The molecule has 2 aromatic rings. The van der Waals surface area contributed by atoms with E-state index in [2.05, 4.69) is 15.9 Å². The van der Waals surface area contributed by atoms with Crippen molar-refractivity contribution in [3.8, 4) is 11.5 Å². The third kappa shape index (κ3) is 3.80. The number of methoxy groups -OCH3 is 1. The van der Waals surface area contributed by atoms with Gasteiger partial charge in [0.1, 0.15) is 11.5 Å². The molecule has 1 N–H and O–H groups in total. The Kier molecular flexibility index (Phi) is 4.96. The molecular weight excluding hydrogens is 308 g/mol. The second kappa shape index (κ2) is 6.70. The molecule has 2 rings (SSSR count). The maximum Gasteiger partial charge on any atom is 0.134 e. The summed E-state index contributed by atoms with van der Waals surface area (Å²) in [5, 5.41) is 9.31. The highest BCUT2D eigenvalue weighted by molar-refractivity contribution is 9.10. The minimum Gasteiger partial charge on any atom is -0.457 e. The number of aliphatic hydroxyl groups excluding tert-OH is 1. The molecule has 0 radical (unpaired) electrons. The summed E-state index contributed by atoms with van der Waals surface area (Å²) < 4.78 is 11.8. The van der Waals surface area contributed by atoms with Crippen molar-refractivity contribution in [2.75, 3.05) is 7.11 Å². The van der Waals surface area contributed by atoms with E-state index in [1.807, 2.05) is 42.5 Å². The first kappa shape index (κ1) is 14.1. The van der Waals surface area contributed by atoms with Gasteiger partial charge in [-0.3, -0.25) is 0 Å². The number of ether oxygens (including phenoxy) is 2. The monoisotopic (exact) mass is 322 g/mol. The summed E-state index contributed by atoms with van der Waals surface area (Å²) in [7, 11) is 1.66. The molecule has 100 valence electrons. The summed E-state index contributed by atoms with van der Waals surface area (Å²) in [6, 6.07) is 13.2. The summed E-state index contributed by atoms with van der Waals surface area (Å²) in [6.07, 6.45) is 0. The molecule has 0 aliphatic rings. The van der Waals surface area contributed by atoms with Gasteiger partial charge < -0.3 is 14.6 Å². The van der Waals surface area contributed by atoms with E-state index in [0.29, 0.717) is 12.4 Å². The molecule has 4 heteroatoms. The van der Waals surface area contributed by atoms with Gasteiger partial charge in [0.25, 0.3) is 0 Å². The fourth-order valence-corrected chi connectivity index (χ4v) is 2.09. The third-order valence-corrected chi connectivity index (χ3v) is 3.13. The molecule has 0 amide bonds. The minimum atomic E-state index is -0.0552. The molecule has 0 saturated carbocycles. The van der Waals surface area contributed by atoms with Crippen molar-refractivity contribution >= 4 is 15.9 Å². The van der Waals surface area contributed by atoms with Crippen LogP contribution in [-0.4, -0.2) is 12.2 Å². The number of hydrogen-bond acceptors (Lipinski definition) is 3. The lowest BCUT2D eigenvalue weighted by atomic mass is 10.2. The number of aliphatic hydroxyl groups is 1. The zero-order valence-electron chi connectivity index (χ0n) is 10.6. The van der Waals surface area contributed by atoms with E-state index in [-0.39, 0.29) is 6.61 Å². The maximum absolute atomic E-state index is 9.31. The SMILES string of the molecule is COCc1cccc(Oc2cc(Br)ccc2CO)c1. The molecule has 0 aliphatic heterocycles. The summed E-state index contributed by atoms with van der Waals surface area (Å²) >= 11 is 3.40. The molecule has 19 heavy (non-hydrogen) atoms. The van der Waals surface area contributed by atoms with Crippen LogP contribution in [0.1, 0.15) is 11.1 Å². The number of benzene rings is 2. The molecular formula is C15H15BrO3. The molecule has 3 nitrogen and oxygen atoms in total. The van der Waals surface area contributed by atoms with E-state index >= 15 is 0 Å². The third-order valence-electron chi connectivity index (χ3n) is 2.64. The second-order valence-corrected chi connectivity index (χ2v) is 5.01. The van der Waals surface area contributed by atoms with Gasteiger partial charge in [0.2, 0.25) is 0 Å². The van der Waals surface area contributed by atoms with Crippen LogP contribution in [0.2, 0.25) is 0 Å². The molecule has 0 bridgehead atoms. The fourth-order valence-electron chi connectivity index (χ4n) is 1.75. The van der Waals surface area contributed by atoms with Crippen LogP contribution in [0.25, 0.3) is 0 Å². The number of hydrogen-bond donors (Lipinski definition) is 1. The predicted molar refractivity (Wildman–Crippen MR) is 77.3 cm³/mol. The minimum absolute atomic E-state index is 0.0552. The van der Waals surface area contributed by atoms with Crippen molar-refractivity contribution in [3.63, 3.8) is 0 Å². The standard InChI is InChI=1S/C15H15BrO3/c1-18-10-11-3-2-4-14(7-11)19-15-8-13(16)6-5-12(15)9-17/h2-8,17H,9-10H2,1H3. The van der Waals surface area contributed by atoms with E-state index in [1.165, 1.54) is 0 Å². The number of halogens is 1. The van der Waals surface area contributed by atoms with Crippen LogP contribution in [0, 0.1) is 0 Å². The Hall–Kier alpha value is -1.36. The zero-order valence-corrected chi connectivity index (χ0v) is 12.2. The van der Waals surface area contributed by atoms with Crippen LogP contribution in [-0.2, 0) is 18.0 Å². The van der Waals surface area contributed by atoms with Gasteiger partial charge >= 0.3 is 0 Å². The van der Waals surface area contributed by atoms with Crippen molar-refractivity contribution < 1.29 is 14.6 Å². The van der Waals surface area contributed by atoms with Gasteiger partial charge in [0.15, 0.2) is 0 Å². The van der Waals surface area contributed by atoms with E-state index in [4.69, 9.17) is 9.47 Å². The van der Waals surface area contributed by atoms with Gasteiger partial charge in [-0.1, -0.05) is 34.1 Å². The first-order valence-corrected chi connectivity index (χ1v) is 6.67. The lowest BCUT2D eigenvalue weighted by molar-refractivity contribution is 0.184. The topological polar surface area (TPSA) is 38.7 Å². The van der Waals surface area contributed by atoms with Crippen LogP contribution in [0.4, 0.5) is 0 Å². The maximum atomic E-state index is 9.31. The van der Waals surface area contributed by atoms with Gasteiger partial charge in [-0.15, -0.1) is 0 Å². The molecule has 0 atom stereocenters. The molecule has 0 aromatic heterocycles. The second-order valence-electron chi connectivity index (χ2n) is 4.09. The lowest BCUT2D eigenvalue weighted by Gasteiger charge is -2.11. The molecule has 2 aromatic carbocycles. The summed E-state index contributed by atoms with van der Waals surface area (Å²) in [5.41, 5.74) is 1.79. The molecule has 0 spiro atoms. The quantitative estimate of drug-likeness (QED) is 0.907. The fraction of sp³-hybridized carbons (Fsp3) is 0.200. The van der Waals surface area contributed by atoms with Crippen LogP contribution in [0.5, 0.6) is 11.5 Å². The van der Waals surface area contributed by atoms with Gasteiger partial charge in [0.05, 0.1) is 13.2 Å². The van der Waals surface area contributed by atoms with E-state index in [9.17, 15) is 5.11 Å². The van der Waals surface area contributed by atoms with Crippen molar-refractivity contribution in [3.05, 3.63) is 58.1 Å². The smallest absolute Gasteiger partial charge is 0.134 e. The van der Waals surface area contributed by atoms with E-state index in [1.54, 1.807) is 7.11 Å². The normalized spacial score (nSPS) is 10.5. The van der Waals surface area contributed by atoms with Crippen LogP contribution in [0.15, 0.2) is 46.9 Å². The molecule has 0 heterocycles. The van der Waals surface area contributed by atoms with Crippen molar-refractivity contribution in [2.24, 2.45) is 0 Å². The largest absolute Gasteiger partial charge is 0.457 e.